The van der Waals surface area contributed by atoms with Crippen molar-refractivity contribution in [1.82, 2.24) is 14.1 Å². The molecular weight excluding hydrogens is 781 g/mol. The highest BCUT2D eigenvalue weighted by atomic mass is 16.5. The number of pyridine rings is 1. The van der Waals surface area contributed by atoms with E-state index in [2.05, 4.69) is 6.33 Å². The lowest BCUT2D eigenvalue weighted by molar-refractivity contribution is -0.571. The average molecular weight is 839 g/mol. The zero-order chi connectivity index (χ0) is 53.7. The minimum Gasteiger partial charge on any atom is -0.458 e. The summed E-state index contributed by atoms with van der Waals surface area (Å²) in [6.07, 6.45) is 3.47. The number of para-hydroxylation sites is 2. The van der Waals surface area contributed by atoms with Crippen LogP contribution in [-0.2, 0) is 6.37 Å². The zero-order valence-corrected chi connectivity index (χ0v) is 35.1. The van der Waals surface area contributed by atoms with Crippen molar-refractivity contribution in [1.29, 1.82) is 0 Å². The van der Waals surface area contributed by atoms with E-state index in [4.69, 9.17) is 26.2 Å². The first-order chi connectivity index (χ1) is 36.3. The Morgan fingerprint density at radius 3 is 2.03 bits per heavy atom. The number of nitrogens with zero attached hydrogens (tertiary/aromatic N) is 4. The van der Waals surface area contributed by atoms with Gasteiger partial charge in [0.2, 0.25) is 0 Å². The lowest BCUT2D eigenvalue weighted by Crippen LogP contribution is -2.31. The molecule has 0 spiro atoms. The van der Waals surface area contributed by atoms with Crippen LogP contribution in [0.2, 0.25) is 0 Å². The molecule has 64 heavy (non-hydrogen) atoms. The lowest BCUT2D eigenvalue weighted by atomic mass is 9.88. The molecule has 3 heterocycles. The number of rotatable bonds is 9. The van der Waals surface area contributed by atoms with Crippen LogP contribution < -0.4 is 9.30 Å². The average Bonchev–Trinajstić information content (AvgIpc) is 4.07. The molecule has 0 bridgehead atoms. The fourth-order valence-electron chi connectivity index (χ4n) is 8.37. The SMILES string of the molecule is [2H]c1c([2H])c([2H])c(-c2cccc(-c3c([2H])c([2H])c([2H])c([2H])c3[2H])c2-[n+]2[c-]n(-c3cccc(Oc4ccc5c6ccccc6n(-c6cc(C([2H])([2H])C(C)(C)C)ccn6)c5c4)c3)c3cc(-c4ccccc4)ccc32)c([2H])c1[2H]. The Morgan fingerprint density at radius 1 is 0.594 bits per heavy atom. The second-order valence-electron chi connectivity index (χ2n) is 16.5. The molecule has 0 aliphatic carbocycles. The van der Waals surface area contributed by atoms with Gasteiger partial charge in [-0.15, -0.1) is 0 Å². The van der Waals surface area contributed by atoms with Gasteiger partial charge >= 0.3 is 0 Å². The number of hydrogen-bond acceptors (Lipinski definition) is 2. The Labute approximate surface area is 390 Å². The van der Waals surface area contributed by atoms with Crippen molar-refractivity contribution in [3.05, 3.63) is 224 Å². The largest absolute Gasteiger partial charge is 0.458 e. The molecule has 5 heteroatoms. The maximum Gasteiger partial charge on any atom is 0.269 e. The number of imidazole rings is 1. The summed E-state index contributed by atoms with van der Waals surface area (Å²) in [5, 5.41) is 1.93. The summed E-state index contributed by atoms with van der Waals surface area (Å²) in [6, 6.07) is 39.6. The summed E-state index contributed by atoms with van der Waals surface area (Å²) in [4.78, 5) is 4.76. The molecule has 0 amide bonds. The molecule has 11 aromatic rings. The summed E-state index contributed by atoms with van der Waals surface area (Å²) in [7, 11) is 0. The topological polar surface area (TPSA) is 35.9 Å². The van der Waals surface area contributed by atoms with E-state index in [-0.39, 0.29) is 27.9 Å². The van der Waals surface area contributed by atoms with E-state index in [1.54, 1.807) is 45.7 Å². The first-order valence-corrected chi connectivity index (χ1v) is 20.9. The van der Waals surface area contributed by atoms with Gasteiger partial charge < -0.3 is 4.74 Å². The first kappa shape index (κ1) is 27.8. The quantitative estimate of drug-likeness (QED) is 0.107. The molecule has 0 N–H and O–H groups in total. The Balaban J connectivity index is 1.12. The summed E-state index contributed by atoms with van der Waals surface area (Å²) in [5.74, 6) is 1.52. The molecule has 3 aromatic heterocycles. The third kappa shape index (κ3) is 7.31. The van der Waals surface area contributed by atoms with Crippen molar-refractivity contribution in [2.24, 2.45) is 5.41 Å². The van der Waals surface area contributed by atoms with Crippen LogP contribution in [0.1, 0.15) is 42.8 Å². The van der Waals surface area contributed by atoms with Gasteiger partial charge in [0, 0.05) is 25.8 Å². The summed E-state index contributed by atoms with van der Waals surface area (Å²) >= 11 is 0. The molecule has 0 aliphatic rings. The molecule has 8 aromatic carbocycles. The summed E-state index contributed by atoms with van der Waals surface area (Å²) in [5.41, 5.74) is 5.10. The van der Waals surface area contributed by atoms with Crippen LogP contribution in [0.3, 0.4) is 0 Å². The second kappa shape index (κ2) is 16.0. The molecule has 0 unspecified atom stereocenters. The molecule has 0 saturated heterocycles. The van der Waals surface area contributed by atoms with Crippen molar-refractivity contribution >= 4 is 32.8 Å². The van der Waals surface area contributed by atoms with Gasteiger partial charge in [-0.2, -0.15) is 0 Å². The number of ether oxygens (including phenoxy) is 1. The standard InChI is InChI=1S/C59H46N4O/c1-59(2,3)39-41-33-34-60-57(35-41)63-53-28-14-13-25-51(53)52-31-30-48(38-55(52)63)64-47-24-15-23-46(37-47)61-40-62(54-32-29-45(36-56(54)61)42-17-7-4-8-18-42)58-49(43-19-9-5-10-20-43)26-16-27-50(58)44-21-11-6-12-22-44/h4-38H,39H2,1-3H3/i5D,6D,9D,10D,11D,12D,19D,20D,21D,22D,39D2. The maximum atomic E-state index is 9.12. The maximum absolute atomic E-state index is 9.12. The molecule has 0 saturated carbocycles. The molecule has 0 fully saturated rings. The number of benzene rings is 8. The van der Waals surface area contributed by atoms with E-state index >= 15 is 0 Å². The molecule has 0 radical (unpaired) electrons. The third-order valence-electron chi connectivity index (χ3n) is 11.0. The van der Waals surface area contributed by atoms with Crippen LogP contribution in [0.5, 0.6) is 11.5 Å². The molecule has 0 atom stereocenters. The molecule has 308 valence electrons. The Kier molecular flexibility index (Phi) is 6.97. The molecule has 0 aliphatic heterocycles. The Hall–Kier alpha value is -8.02. The van der Waals surface area contributed by atoms with E-state index in [0.717, 1.165) is 32.9 Å². The normalized spacial score (nSPS) is 14.6. The van der Waals surface area contributed by atoms with Gasteiger partial charge in [-0.1, -0.05) is 166 Å². The predicted octanol–water partition coefficient (Wildman–Crippen LogP) is 14.6. The van der Waals surface area contributed by atoms with E-state index in [9.17, 15) is 0 Å². The number of fused-ring (bicyclic) bond motifs is 4. The van der Waals surface area contributed by atoms with E-state index in [1.165, 1.54) is 0 Å². The van der Waals surface area contributed by atoms with Crippen molar-refractivity contribution in [3.63, 3.8) is 0 Å². The highest BCUT2D eigenvalue weighted by Crippen LogP contribution is 2.38. The fourth-order valence-corrected chi connectivity index (χ4v) is 8.37. The van der Waals surface area contributed by atoms with Gasteiger partial charge in [-0.3, -0.25) is 13.7 Å². The number of aromatic nitrogens is 4. The summed E-state index contributed by atoms with van der Waals surface area (Å²) in [6.45, 7) is 5.63. The lowest BCUT2D eigenvalue weighted by Gasteiger charge is -2.18. The smallest absolute Gasteiger partial charge is 0.269 e. The summed E-state index contributed by atoms with van der Waals surface area (Å²) < 4.78 is 118. The Morgan fingerprint density at radius 2 is 1.28 bits per heavy atom. The molecule has 5 nitrogen and oxygen atoms in total. The predicted molar refractivity (Wildman–Crippen MR) is 262 cm³/mol. The van der Waals surface area contributed by atoms with Crippen LogP contribution in [0, 0.1) is 11.7 Å². The van der Waals surface area contributed by atoms with Crippen molar-refractivity contribution in [2.75, 3.05) is 0 Å². The van der Waals surface area contributed by atoms with Gasteiger partial charge in [0.15, 0.2) is 0 Å². The van der Waals surface area contributed by atoms with Crippen molar-refractivity contribution in [2.45, 2.75) is 27.1 Å². The third-order valence-corrected chi connectivity index (χ3v) is 11.0. The van der Waals surface area contributed by atoms with E-state index in [1.807, 2.05) is 141 Å². The van der Waals surface area contributed by atoms with Crippen LogP contribution >= 0.6 is 0 Å². The van der Waals surface area contributed by atoms with Crippen molar-refractivity contribution < 1.29 is 25.8 Å². The van der Waals surface area contributed by atoms with Crippen LogP contribution in [0.25, 0.3) is 83.4 Å². The molecule has 11 rings (SSSR count). The zero-order valence-electron chi connectivity index (χ0n) is 47.1. The Bertz CT molecular complexity index is 4040. The second-order valence-corrected chi connectivity index (χ2v) is 16.5. The first-order valence-electron chi connectivity index (χ1n) is 26.9. The van der Waals surface area contributed by atoms with E-state index in [0.29, 0.717) is 39.6 Å². The van der Waals surface area contributed by atoms with Gasteiger partial charge in [-0.05, 0) is 105 Å². The molecular formula is C59H46N4O. The van der Waals surface area contributed by atoms with E-state index < -0.39 is 72.2 Å². The monoisotopic (exact) mass is 838 g/mol. The van der Waals surface area contributed by atoms with Crippen LogP contribution in [-0.4, -0.2) is 14.1 Å². The number of hydrogen-bond donors (Lipinski definition) is 0. The fraction of sp³-hybridized carbons (Fsp3) is 0.0847. The van der Waals surface area contributed by atoms with Gasteiger partial charge in [0.1, 0.15) is 17.3 Å². The van der Waals surface area contributed by atoms with Gasteiger partial charge in [-0.25, -0.2) is 4.98 Å². The minimum absolute atomic E-state index is 0.133. The van der Waals surface area contributed by atoms with Crippen LogP contribution in [0.4, 0.5) is 0 Å². The van der Waals surface area contributed by atoms with Gasteiger partial charge in [0.05, 0.1) is 47.1 Å². The van der Waals surface area contributed by atoms with Crippen molar-refractivity contribution in [3.8, 4) is 62.1 Å². The highest BCUT2D eigenvalue weighted by molar-refractivity contribution is 6.09. The highest BCUT2D eigenvalue weighted by Gasteiger charge is 2.21. The van der Waals surface area contributed by atoms with Crippen LogP contribution in [0.15, 0.2) is 212 Å². The minimum atomic E-state index is -1.66. The van der Waals surface area contributed by atoms with Gasteiger partial charge in [0.25, 0.3) is 6.33 Å².